The van der Waals surface area contributed by atoms with E-state index in [-0.39, 0.29) is 28.6 Å². The van der Waals surface area contributed by atoms with Crippen LogP contribution in [0.4, 0.5) is 4.79 Å². The lowest BCUT2D eigenvalue weighted by atomic mass is 10.1. The van der Waals surface area contributed by atoms with E-state index in [0.717, 1.165) is 12.8 Å². The molecule has 3 amide bonds. The van der Waals surface area contributed by atoms with Crippen LogP contribution in [0.15, 0.2) is 24.3 Å². The van der Waals surface area contributed by atoms with Crippen LogP contribution < -0.4 is 5.32 Å². The Labute approximate surface area is 161 Å². The van der Waals surface area contributed by atoms with E-state index in [1.807, 2.05) is 30.9 Å². The molecule has 0 spiro atoms. The summed E-state index contributed by atoms with van der Waals surface area (Å²) in [5.41, 5.74) is 2.43. The van der Waals surface area contributed by atoms with E-state index >= 15 is 0 Å². The second kappa shape index (κ2) is 9.31. The number of thioether (sulfide) groups is 1. The molecule has 26 heavy (non-hydrogen) atoms. The predicted octanol–water partition coefficient (Wildman–Crippen LogP) is 3.79. The van der Waals surface area contributed by atoms with Crippen molar-refractivity contribution in [3.8, 4) is 0 Å². The van der Waals surface area contributed by atoms with Gasteiger partial charge in [0, 0.05) is 26.2 Å². The molecule has 144 valence electrons. The molecule has 1 aliphatic heterocycles. The maximum Gasteiger partial charge on any atom is 0.317 e. The molecule has 0 aromatic heterocycles. The van der Waals surface area contributed by atoms with Gasteiger partial charge in [-0.05, 0) is 44.7 Å². The number of amides is 3. The second-order valence-electron chi connectivity index (χ2n) is 7.15. The van der Waals surface area contributed by atoms with E-state index in [0.29, 0.717) is 13.1 Å². The fourth-order valence-corrected chi connectivity index (χ4v) is 4.65. The number of benzene rings is 1. The summed E-state index contributed by atoms with van der Waals surface area (Å²) < 4.78 is 0. The van der Waals surface area contributed by atoms with Crippen LogP contribution in [-0.4, -0.2) is 53.2 Å². The van der Waals surface area contributed by atoms with Crippen LogP contribution in [-0.2, 0) is 4.79 Å². The van der Waals surface area contributed by atoms with Crippen LogP contribution in [0.25, 0.3) is 0 Å². The fourth-order valence-electron chi connectivity index (χ4n) is 3.13. The Kier molecular flexibility index (Phi) is 7.38. The molecule has 1 fully saturated rings. The Morgan fingerprint density at radius 3 is 2.65 bits per heavy atom. The molecule has 0 aliphatic carbocycles. The fraction of sp³-hybridized carbons (Fsp3) is 0.600. The van der Waals surface area contributed by atoms with Gasteiger partial charge in [-0.25, -0.2) is 4.79 Å². The summed E-state index contributed by atoms with van der Waals surface area (Å²) >= 11 is 1.75. The quantitative estimate of drug-likeness (QED) is 0.787. The molecule has 1 aromatic rings. The van der Waals surface area contributed by atoms with E-state index in [2.05, 4.69) is 31.3 Å². The molecule has 0 unspecified atom stereocenters. The van der Waals surface area contributed by atoms with Gasteiger partial charge >= 0.3 is 6.03 Å². The molecular weight excluding hydrogens is 346 g/mol. The van der Waals surface area contributed by atoms with Crippen LogP contribution >= 0.6 is 11.8 Å². The molecule has 1 heterocycles. The minimum atomic E-state index is -0.0657. The van der Waals surface area contributed by atoms with Gasteiger partial charge < -0.3 is 15.1 Å². The molecule has 1 aromatic carbocycles. The molecule has 6 heteroatoms. The highest BCUT2D eigenvalue weighted by Gasteiger charge is 2.40. The van der Waals surface area contributed by atoms with Crippen molar-refractivity contribution in [3.63, 3.8) is 0 Å². The SMILES string of the molecule is CC[C@@H]1S[C@@H](c2ccccc2C)N(CCCN(C)C(=O)NC(C)C)C1=O. The molecule has 0 radical (unpaired) electrons. The van der Waals surface area contributed by atoms with Crippen molar-refractivity contribution >= 4 is 23.7 Å². The van der Waals surface area contributed by atoms with Gasteiger partial charge in [0.1, 0.15) is 5.37 Å². The molecule has 0 saturated carbocycles. The normalized spacial score (nSPS) is 19.9. The lowest BCUT2D eigenvalue weighted by Gasteiger charge is -2.26. The van der Waals surface area contributed by atoms with Crippen LogP contribution in [0.3, 0.4) is 0 Å². The minimum absolute atomic E-state index is 0.0292. The smallest absolute Gasteiger partial charge is 0.317 e. The first kappa shape index (κ1) is 20.6. The largest absolute Gasteiger partial charge is 0.336 e. The predicted molar refractivity (Wildman–Crippen MR) is 108 cm³/mol. The van der Waals surface area contributed by atoms with Crippen LogP contribution in [0.5, 0.6) is 0 Å². The lowest BCUT2D eigenvalue weighted by molar-refractivity contribution is -0.130. The van der Waals surface area contributed by atoms with Gasteiger partial charge in [-0.3, -0.25) is 4.79 Å². The van der Waals surface area contributed by atoms with Gasteiger partial charge in [-0.2, -0.15) is 0 Å². The number of hydrogen-bond acceptors (Lipinski definition) is 3. The van der Waals surface area contributed by atoms with E-state index in [1.165, 1.54) is 11.1 Å². The molecule has 1 saturated heterocycles. The molecule has 1 aliphatic rings. The Morgan fingerprint density at radius 2 is 2.04 bits per heavy atom. The summed E-state index contributed by atoms with van der Waals surface area (Å²) in [4.78, 5) is 28.5. The highest BCUT2D eigenvalue weighted by Crippen LogP contribution is 2.45. The zero-order valence-corrected chi connectivity index (χ0v) is 17.3. The number of aryl methyl sites for hydroxylation is 1. The van der Waals surface area contributed by atoms with Crippen molar-refractivity contribution in [2.45, 2.75) is 57.2 Å². The zero-order valence-electron chi connectivity index (χ0n) is 16.5. The van der Waals surface area contributed by atoms with Gasteiger partial charge in [0.15, 0.2) is 0 Å². The number of nitrogens with zero attached hydrogens (tertiary/aromatic N) is 2. The van der Waals surface area contributed by atoms with Crippen molar-refractivity contribution in [2.24, 2.45) is 0 Å². The summed E-state index contributed by atoms with van der Waals surface area (Å²) in [7, 11) is 1.80. The average molecular weight is 378 g/mol. The van der Waals surface area contributed by atoms with Gasteiger partial charge in [0.2, 0.25) is 5.91 Å². The van der Waals surface area contributed by atoms with Crippen LogP contribution in [0.2, 0.25) is 0 Å². The third-order valence-corrected chi connectivity index (χ3v) is 6.24. The maximum absolute atomic E-state index is 12.8. The Morgan fingerprint density at radius 1 is 1.35 bits per heavy atom. The minimum Gasteiger partial charge on any atom is -0.336 e. The summed E-state index contributed by atoms with van der Waals surface area (Å²) in [6.45, 7) is 9.36. The number of carbonyl (C=O) groups is 2. The first-order valence-electron chi connectivity index (χ1n) is 9.38. The molecule has 1 N–H and O–H groups in total. The van der Waals surface area contributed by atoms with E-state index < -0.39 is 0 Å². The summed E-state index contributed by atoms with van der Waals surface area (Å²) in [6.07, 6.45) is 1.62. The summed E-state index contributed by atoms with van der Waals surface area (Å²) in [5, 5.41) is 2.99. The van der Waals surface area contributed by atoms with Crippen molar-refractivity contribution in [1.82, 2.24) is 15.1 Å². The average Bonchev–Trinajstić information content (AvgIpc) is 2.90. The Bertz CT molecular complexity index is 635. The first-order valence-corrected chi connectivity index (χ1v) is 10.3. The maximum atomic E-state index is 12.8. The van der Waals surface area contributed by atoms with E-state index in [9.17, 15) is 9.59 Å². The highest BCUT2D eigenvalue weighted by molar-refractivity contribution is 8.01. The number of urea groups is 1. The first-order chi connectivity index (χ1) is 12.3. The molecular formula is C20H31N3O2S. The van der Waals surface area contributed by atoms with Crippen LogP contribution in [0.1, 0.15) is 50.1 Å². The zero-order chi connectivity index (χ0) is 19.3. The molecule has 2 atom stereocenters. The van der Waals surface area contributed by atoms with Gasteiger partial charge in [-0.15, -0.1) is 11.8 Å². The van der Waals surface area contributed by atoms with E-state index in [4.69, 9.17) is 0 Å². The highest BCUT2D eigenvalue weighted by atomic mass is 32.2. The summed E-state index contributed by atoms with van der Waals surface area (Å²) in [6, 6.07) is 8.34. The lowest BCUT2D eigenvalue weighted by Crippen LogP contribution is -2.42. The van der Waals surface area contributed by atoms with Gasteiger partial charge in [0.25, 0.3) is 0 Å². The number of rotatable bonds is 7. The number of hydrogen-bond donors (Lipinski definition) is 1. The van der Waals surface area contributed by atoms with Crippen LogP contribution in [0, 0.1) is 6.92 Å². The number of nitrogens with one attached hydrogen (secondary N) is 1. The van der Waals surface area contributed by atoms with Gasteiger partial charge in [-0.1, -0.05) is 31.2 Å². The molecule has 2 rings (SSSR count). The molecule has 5 nitrogen and oxygen atoms in total. The Balaban J connectivity index is 2.01. The van der Waals surface area contributed by atoms with Crippen molar-refractivity contribution in [3.05, 3.63) is 35.4 Å². The topological polar surface area (TPSA) is 52.6 Å². The number of carbonyl (C=O) groups excluding carboxylic acids is 2. The monoisotopic (exact) mass is 377 g/mol. The van der Waals surface area contributed by atoms with Gasteiger partial charge in [0.05, 0.1) is 5.25 Å². The Hall–Kier alpha value is -1.69. The molecule has 0 bridgehead atoms. The standard InChI is InChI=1S/C20H31N3O2S/c1-6-17-18(24)23(13-9-12-22(5)20(25)21-14(2)3)19(26-17)16-11-8-7-10-15(16)4/h7-8,10-11,14,17,19H,6,9,12-13H2,1-5H3,(H,21,25)/t17-,19-/m0/s1. The second-order valence-corrected chi connectivity index (χ2v) is 8.44. The summed E-state index contributed by atoms with van der Waals surface area (Å²) in [5.74, 6) is 0.222. The van der Waals surface area contributed by atoms with Crippen molar-refractivity contribution in [1.29, 1.82) is 0 Å². The van der Waals surface area contributed by atoms with Crippen molar-refractivity contribution in [2.75, 3.05) is 20.1 Å². The van der Waals surface area contributed by atoms with Crippen molar-refractivity contribution < 1.29 is 9.59 Å². The third kappa shape index (κ3) is 4.93. The third-order valence-electron chi connectivity index (χ3n) is 4.61. The van der Waals surface area contributed by atoms with E-state index in [1.54, 1.807) is 23.7 Å².